The Kier molecular flexibility index (Phi) is 2.82. The first-order chi connectivity index (χ1) is 9.72. The number of aryl methyl sites for hydroxylation is 1. The Morgan fingerprint density at radius 3 is 2.85 bits per heavy atom. The van der Waals surface area contributed by atoms with Crippen LogP contribution in [0.15, 0.2) is 24.4 Å². The van der Waals surface area contributed by atoms with Crippen LogP contribution in [0, 0.1) is 12.7 Å². The van der Waals surface area contributed by atoms with Crippen molar-refractivity contribution in [3.63, 3.8) is 0 Å². The van der Waals surface area contributed by atoms with Gasteiger partial charge in [0.15, 0.2) is 0 Å². The van der Waals surface area contributed by atoms with E-state index in [0.29, 0.717) is 12.1 Å². The van der Waals surface area contributed by atoms with Crippen molar-refractivity contribution in [2.45, 2.75) is 25.4 Å². The van der Waals surface area contributed by atoms with Gasteiger partial charge in [-0.15, -0.1) is 0 Å². The summed E-state index contributed by atoms with van der Waals surface area (Å²) >= 11 is 0. The third-order valence-corrected chi connectivity index (χ3v) is 4.72. The molecule has 0 aliphatic carbocycles. The van der Waals surface area contributed by atoms with Gasteiger partial charge in [-0.25, -0.2) is 4.39 Å². The smallest absolute Gasteiger partial charge is 0.123 e. The van der Waals surface area contributed by atoms with Crippen LogP contribution in [-0.4, -0.2) is 41.8 Å². The Labute approximate surface area is 117 Å². The van der Waals surface area contributed by atoms with Gasteiger partial charge in [-0.1, -0.05) is 0 Å². The van der Waals surface area contributed by atoms with Crippen LogP contribution in [0.25, 0.3) is 10.9 Å². The molecule has 0 radical (unpaired) electrons. The molecule has 0 N–H and O–H groups in total. The van der Waals surface area contributed by atoms with E-state index in [0.717, 1.165) is 49.2 Å². The summed E-state index contributed by atoms with van der Waals surface area (Å²) < 4.78 is 21.0. The summed E-state index contributed by atoms with van der Waals surface area (Å²) in [6, 6.07) is 6.23. The van der Waals surface area contributed by atoms with Gasteiger partial charge < -0.3 is 9.30 Å². The summed E-state index contributed by atoms with van der Waals surface area (Å²) in [4.78, 5) is 2.53. The Bertz CT molecular complexity index is 647. The van der Waals surface area contributed by atoms with Crippen LogP contribution in [0.4, 0.5) is 4.39 Å². The molecule has 20 heavy (non-hydrogen) atoms. The van der Waals surface area contributed by atoms with Crippen molar-refractivity contribution in [3.8, 4) is 0 Å². The van der Waals surface area contributed by atoms with Gasteiger partial charge in [-0.05, 0) is 37.1 Å². The van der Waals surface area contributed by atoms with Gasteiger partial charge >= 0.3 is 0 Å². The zero-order valence-electron chi connectivity index (χ0n) is 11.7. The number of nitrogens with zero attached hydrogens (tertiary/aromatic N) is 2. The summed E-state index contributed by atoms with van der Waals surface area (Å²) in [5.74, 6) is -0.155. The number of fused-ring (bicyclic) bond motifs is 1. The van der Waals surface area contributed by atoms with E-state index < -0.39 is 0 Å². The number of rotatable bonds is 2. The van der Waals surface area contributed by atoms with E-state index in [4.69, 9.17) is 4.74 Å². The minimum atomic E-state index is -0.155. The lowest BCUT2D eigenvalue weighted by molar-refractivity contribution is -0.0578. The van der Waals surface area contributed by atoms with Crippen molar-refractivity contribution in [1.29, 1.82) is 0 Å². The summed E-state index contributed by atoms with van der Waals surface area (Å²) in [7, 11) is 0. The average Bonchev–Trinajstić information content (AvgIpc) is 2.93. The number of benzene rings is 1. The Morgan fingerprint density at radius 2 is 2.10 bits per heavy atom. The first-order valence-corrected chi connectivity index (χ1v) is 7.31. The van der Waals surface area contributed by atoms with E-state index >= 15 is 0 Å². The monoisotopic (exact) mass is 274 g/mol. The molecule has 0 amide bonds. The SMILES string of the molecule is Cc1cn(C2CCN(C3COC3)C2)c2ccc(F)cc12. The fourth-order valence-electron chi connectivity index (χ4n) is 3.46. The number of hydrogen-bond donors (Lipinski definition) is 0. The van der Waals surface area contributed by atoms with E-state index in [1.807, 2.05) is 6.07 Å². The van der Waals surface area contributed by atoms with Gasteiger partial charge in [0.1, 0.15) is 5.82 Å². The molecule has 2 aromatic rings. The second kappa shape index (κ2) is 4.57. The summed E-state index contributed by atoms with van der Waals surface area (Å²) in [6.45, 7) is 6.03. The minimum Gasteiger partial charge on any atom is -0.378 e. The van der Waals surface area contributed by atoms with Gasteiger partial charge in [0, 0.05) is 36.2 Å². The highest BCUT2D eigenvalue weighted by Gasteiger charge is 2.33. The number of aromatic nitrogens is 1. The number of hydrogen-bond acceptors (Lipinski definition) is 2. The predicted molar refractivity (Wildman–Crippen MR) is 76.5 cm³/mol. The van der Waals surface area contributed by atoms with Crippen LogP contribution in [0.3, 0.4) is 0 Å². The third-order valence-electron chi connectivity index (χ3n) is 4.72. The third kappa shape index (κ3) is 1.86. The highest BCUT2D eigenvalue weighted by atomic mass is 19.1. The van der Waals surface area contributed by atoms with E-state index in [2.05, 4.69) is 22.6 Å². The lowest BCUT2D eigenvalue weighted by atomic mass is 10.2. The van der Waals surface area contributed by atoms with Crippen LogP contribution >= 0.6 is 0 Å². The fraction of sp³-hybridized carbons (Fsp3) is 0.500. The van der Waals surface area contributed by atoms with Gasteiger partial charge in [-0.3, -0.25) is 4.90 Å². The standard InChI is InChI=1S/C16H19FN2O/c1-11-7-19(16-3-2-12(17)6-15(11)16)13-4-5-18(8-13)14-9-20-10-14/h2-3,6-7,13-14H,4-5,8-10H2,1H3. The highest BCUT2D eigenvalue weighted by Crippen LogP contribution is 2.31. The molecule has 2 aliphatic heterocycles. The van der Waals surface area contributed by atoms with Gasteiger partial charge in [0.05, 0.1) is 19.3 Å². The molecular weight excluding hydrogens is 255 g/mol. The van der Waals surface area contributed by atoms with Gasteiger partial charge in [0.2, 0.25) is 0 Å². The Hall–Kier alpha value is -1.39. The van der Waals surface area contributed by atoms with Gasteiger partial charge in [-0.2, -0.15) is 0 Å². The van der Waals surface area contributed by atoms with Crippen molar-refractivity contribution in [2.75, 3.05) is 26.3 Å². The van der Waals surface area contributed by atoms with Crippen molar-refractivity contribution < 1.29 is 9.13 Å². The molecule has 4 rings (SSSR count). The Morgan fingerprint density at radius 1 is 1.25 bits per heavy atom. The minimum absolute atomic E-state index is 0.155. The molecule has 1 atom stereocenters. The fourth-order valence-corrected chi connectivity index (χ4v) is 3.46. The molecule has 1 aromatic carbocycles. The normalized spacial score (nSPS) is 24.4. The second-order valence-electron chi connectivity index (χ2n) is 6.01. The Balaban J connectivity index is 1.65. The van der Waals surface area contributed by atoms with Crippen molar-refractivity contribution in [3.05, 3.63) is 35.8 Å². The number of ether oxygens (including phenoxy) is 1. The maximum absolute atomic E-state index is 13.4. The maximum Gasteiger partial charge on any atom is 0.123 e. The molecular formula is C16H19FN2O. The topological polar surface area (TPSA) is 17.4 Å². The molecule has 0 saturated carbocycles. The molecule has 0 bridgehead atoms. The molecule has 106 valence electrons. The average molecular weight is 274 g/mol. The molecule has 3 nitrogen and oxygen atoms in total. The maximum atomic E-state index is 13.4. The lowest BCUT2D eigenvalue weighted by Gasteiger charge is -2.34. The van der Waals surface area contributed by atoms with Gasteiger partial charge in [0.25, 0.3) is 0 Å². The molecule has 2 aliphatic rings. The van der Waals surface area contributed by atoms with Crippen LogP contribution in [-0.2, 0) is 4.74 Å². The second-order valence-corrected chi connectivity index (χ2v) is 6.01. The number of halogens is 1. The van der Waals surface area contributed by atoms with E-state index in [9.17, 15) is 4.39 Å². The van der Waals surface area contributed by atoms with Crippen LogP contribution in [0.2, 0.25) is 0 Å². The van der Waals surface area contributed by atoms with Crippen molar-refractivity contribution >= 4 is 10.9 Å². The largest absolute Gasteiger partial charge is 0.378 e. The van der Waals surface area contributed by atoms with E-state index in [1.54, 1.807) is 12.1 Å². The summed E-state index contributed by atoms with van der Waals surface area (Å²) in [5, 5.41) is 1.04. The van der Waals surface area contributed by atoms with E-state index in [-0.39, 0.29) is 5.82 Å². The van der Waals surface area contributed by atoms with Crippen LogP contribution in [0.5, 0.6) is 0 Å². The van der Waals surface area contributed by atoms with E-state index in [1.165, 1.54) is 0 Å². The lowest BCUT2D eigenvalue weighted by Crippen LogP contribution is -2.47. The molecule has 2 saturated heterocycles. The molecule has 4 heteroatoms. The summed E-state index contributed by atoms with van der Waals surface area (Å²) in [6.07, 6.45) is 3.34. The van der Waals surface area contributed by atoms with Crippen molar-refractivity contribution in [2.24, 2.45) is 0 Å². The van der Waals surface area contributed by atoms with Crippen LogP contribution in [0.1, 0.15) is 18.0 Å². The number of likely N-dealkylation sites (tertiary alicyclic amines) is 1. The van der Waals surface area contributed by atoms with Crippen molar-refractivity contribution in [1.82, 2.24) is 9.47 Å². The quantitative estimate of drug-likeness (QED) is 0.838. The zero-order valence-corrected chi connectivity index (χ0v) is 11.7. The molecule has 1 aromatic heterocycles. The molecule has 1 unspecified atom stereocenters. The molecule has 3 heterocycles. The zero-order chi connectivity index (χ0) is 13.7. The first-order valence-electron chi connectivity index (χ1n) is 7.31. The molecule has 2 fully saturated rings. The highest BCUT2D eigenvalue weighted by molar-refractivity contribution is 5.84. The van der Waals surface area contributed by atoms with Crippen LogP contribution < -0.4 is 0 Å². The summed E-state index contributed by atoms with van der Waals surface area (Å²) in [5.41, 5.74) is 2.31. The molecule has 0 spiro atoms. The predicted octanol–water partition coefficient (Wildman–Crippen LogP) is 2.73. The first kappa shape index (κ1) is 12.4.